The number of carbonyl (C=O) groups excluding carboxylic acids is 1. The lowest BCUT2D eigenvalue weighted by molar-refractivity contribution is 0.241. The van der Waals surface area contributed by atoms with Gasteiger partial charge in [-0.3, -0.25) is 0 Å². The number of aromatic nitrogens is 4. The number of imidazole rings is 1. The van der Waals surface area contributed by atoms with E-state index in [1.807, 2.05) is 12.3 Å². The minimum Gasteiger partial charge on any atom is -0.346 e. The summed E-state index contributed by atoms with van der Waals surface area (Å²) < 4.78 is 2.06. The van der Waals surface area contributed by atoms with Crippen LogP contribution in [-0.2, 0) is 6.54 Å². The van der Waals surface area contributed by atoms with Crippen LogP contribution < -0.4 is 10.6 Å². The number of allylic oxidation sites excluding steroid dienone is 1. The Morgan fingerprint density at radius 2 is 2.25 bits per heavy atom. The Labute approximate surface area is 140 Å². The lowest BCUT2D eigenvalue weighted by Crippen LogP contribution is -2.36. The molecule has 0 unspecified atom stereocenters. The smallest absolute Gasteiger partial charge is 0.318 e. The number of rotatable bonds is 6. The van der Waals surface area contributed by atoms with Gasteiger partial charge >= 0.3 is 6.03 Å². The first kappa shape index (κ1) is 16.0. The first-order valence-electron chi connectivity index (χ1n) is 8.04. The average Bonchev–Trinajstić information content (AvgIpc) is 3.16. The normalized spacial score (nSPS) is 11.3. The molecule has 0 aromatic carbocycles. The van der Waals surface area contributed by atoms with Crippen molar-refractivity contribution in [3.63, 3.8) is 0 Å². The molecule has 0 aliphatic heterocycles. The van der Waals surface area contributed by atoms with E-state index in [1.54, 1.807) is 12.5 Å². The van der Waals surface area contributed by atoms with Crippen LogP contribution in [0.1, 0.15) is 20.3 Å². The van der Waals surface area contributed by atoms with E-state index in [9.17, 15) is 4.79 Å². The molecule has 7 nitrogen and oxygen atoms in total. The molecule has 3 aromatic heterocycles. The molecular formula is C17H22N6O. The first-order chi connectivity index (χ1) is 11.5. The highest BCUT2D eigenvalue weighted by Gasteiger charge is 2.10. The molecule has 0 fully saturated rings. The van der Waals surface area contributed by atoms with E-state index in [0.29, 0.717) is 31.1 Å². The average molecular weight is 326 g/mol. The predicted molar refractivity (Wildman–Crippen MR) is 94.5 cm³/mol. The summed E-state index contributed by atoms with van der Waals surface area (Å²) in [6.07, 6.45) is 6.06. The van der Waals surface area contributed by atoms with Gasteiger partial charge in [0.05, 0.1) is 18.0 Å². The fraction of sp³-hybridized carbons (Fsp3) is 0.353. The standard InChI is InChI=1S/C17H22N6O/c1-11(2)8-20-17(24)22-12(3)5-7-23-10-21-14-9-19-16-13(15(14)23)4-6-18-16/h4,6,9-11H,3,5,7-8H2,1-2H3,(H,18,19)(H2,20,22,24). The number of urea groups is 1. The third kappa shape index (κ3) is 3.40. The van der Waals surface area contributed by atoms with Crippen molar-refractivity contribution in [3.05, 3.63) is 37.1 Å². The number of carbonyl (C=O) groups is 1. The Balaban J connectivity index is 1.64. The second-order valence-electron chi connectivity index (χ2n) is 6.25. The predicted octanol–water partition coefficient (Wildman–Crippen LogP) is 2.77. The quantitative estimate of drug-likeness (QED) is 0.651. The lowest BCUT2D eigenvalue weighted by atomic mass is 10.2. The fourth-order valence-corrected chi connectivity index (χ4v) is 2.56. The van der Waals surface area contributed by atoms with Gasteiger partial charge in [0.15, 0.2) is 0 Å². The number of amides is 2. The highest BCUT2D eigenvalue weighted by molar-refractivity contribution is 6.00. The third-order valence-corrected chi connectivity index (χ3v) is 3.78. The molecule has 3 N–H and O–H groups in total. The summed E-state index contributed by atoms with van der Waals surface area (Å²) in [5.74, 6) is 0.415. The number of pyridine rings is 1. The zero-order chi connectivity index (χ0) is 17.1. The van der Waals surface area contributed by atoms with Gasteiger partial charge < -0.3 is 20.2 Å². The Bertz CT molecular complexity index is 876. The van der Waals surface area contributed by atoms with E-state index in [0.717, 1.165) is 22.1 Å². The van der Waals surface area contributed by atoms with Crippen LogP contribution in [0.5, 0.6) is 0 Å². The van der Waals surface area contributed by atoms with Gasteiger partial charge in [-0.25, -0.2) is 14.8 Å². The maximum absolute atomic E-state index is 11.8. The van der Waals surface area contributed by atoms with E-state index < -0.39 is 0 Å². The van der Waals surface area contributed by atoms with Crippen LogP contribution in [0, 0.1) is 5.92 Å². The molecule has 3 heterocycles. The maximum atomic E-state index is 11.8. The number of nitrogens with one attached hydrogen (secondary N) is 3. The molecule has 7 heteroatoms. The minimum absolute atomic E-state index is 0.207. The Hall–Kier alpha value is -2.83. The van der Waals surface area contributed by atoms with Gasteiger partial charge in [-0.05, 0) is 12.0 Å². The number of H-pyrrole nitrogens is 1. The summed E-state index contributed by atoms with van der Waals surface area (Å²) in [5.41, 5.74) is 3.42. The Morgan fingerprint density at radius 3 is 3.04 bits per heavy atom. The topological polar surface area (TPSA) is 87.6 Å². The second-order valence-corrected chi connectivity index (χ2v) is 6.25. The van der Waals surface area contributed by atoms with Crippen molar-refractivity contribution < 1.29 is 4.79 Å². The number of aryl methyl sites for hydroxylation is 1. The number of hydrogen-bond donors (Lipinski definition) is 3. The molecule has 0 aliphatic carbocycles. The van der Waals surface area contributed by atoms with Crippen LogP contribution in [0.15, 0.2) is 37.1 Å². The largest absolute Gasteiger partial charge is 0.346 e. The molecule has 24 heavy (non-hydrogen) atoms. The van der Waals surface area contributed by atoms with Crippen LogP contribution in [-0.4, -0.2) is 32.1 Å². The monoisotopic (exact) mass is 326 g/mol. The molecule has 0 spiro atoms. The summed E-state index contributed by atoms with van der Waals surface area (Å²) in [4.78, 5) is 23.6. The zero-order valence-electron chi connectivity index (χ0n) is 14.0. The van der Waals surface area contributed by atoms with E-state index in [4.69, 9.17) is 0 Å². The Morgan fingerprint density at radius 1 is 1.42 bits per heavy atom. The molecular weight excluding hydrogens is 304 g/mol. The van der Waals surface area contributed by atoms with Crippen molar-refractivity contribution in [2.45, 2.75) is 26.8 Å². The van der Waals surface area contributed by atoms with Gasteiger partial charge in [-0.1, -0.05) is 20.4 Å². The molecule has 3 aromatic rings. The number of aromatic amines is 1. The van der Waals surface area contributed by atoms with Crippen molar-refractivity contribution in [1.82, 2.24) is 30.2 Å². The van der Waals surface area contributed by atoms with Gasteiger partial charge in [0.1, 0.15) is 11.2 Å². The summed E-state index contributed by atoms with van der Waals surface area (Å²) >= 11 is 0. The van der Waals surface area contributed by atoms with E-state index >= 15 is 0 Å². The van der Waals surface area contributed by atoms with E-state index in [-0.39, 0.29) is 6.03 Å². The van der Waals surface area contributed by atoms with Crippen molar-refractivity contribution in [1.29, 1.82) is 0 Å². The SMILES string of the molecule is C=C(CCn1cnc2cnc3[nH]ccc3c21)NC(=O)NCC(C)C. The van der Waals surface area contributed by atoms with Crippen LogP contribution in [0.25, 0.3) is 22.1 Å². The molecule has 0 saturated heterocycles. The number of hydrogen-bond acceptors (Lipinski definition) is 3. The van der Waals surface area contributed by atoms with E-state index in [2.05, 4.69) is 50.6 Å². The molecule has 0 atom stereocenters. The van der Waals surface area contributed by atoms with Crippen LogP contribution in [0.3, 0.4) is 0 Å². The molecule has 0 bridgehead atoms. The van der Waals surface area contributed by atoms with Crippen LogP contribution in [0.4, 0.5) is 4.79 Å². The van der Waals surface area contributed by atoms with E-state index in [1.165, 1.54) is 0 Å². The number of fused-ring (bicyclic) bond motifs is 3. The summed E-state index contributed by atoms with van der Waals surface area (Å²) in [7, 11) is 0. The summed E-state index contributed by atoms with van der Waals surface area (Å²) in [6.45, 7) is 9.36. The fourth-order valence-electron chi connectivity index (χ4n) is 2.56. The van der Waals surface area contributed by atoms with Gasteiger partial charge in [0.25, 0.3) is 0 Å². The first-order valence-corrected chi connectivity index (χ1v) is 8.04. The summed E-state index contributed by atoms with van der Waals surface area (Å²) in [5, 5.41) is 6.64. The van der Waals surface area contributed by atoms with Crippen LogP contribution >= 0.6 is 0 Å². The molecule has 0 radical (unpaired) electrons. The summed E-state index contributed by atoms with van der Waals surface area (Å²) in [6, 6.07) is 1.79. The minimum atomic E-state index is -0.207. The lowest BCUT2D eigenvalue weighted by Gasteiger charge is -2.12. The molecule has 2 amide bonds. The number of nitrogens with zero attached hydrogens (tertiary/aromatic N) is 3. The van der Waals surface area contributed by atoms with Gasteiger partial charge in [0.2, 0.25) is 0 Å². The second kappa shape index (κ2) is 6.74. The maximum Gasteiger partial charge on any atom is 0.318 e. The Kier molecular flexibility index (Phi) is 4.50. The molecule has 0 saturated carbocycles. The van der Waals surface area contributed by atoms with Gasteiger partial charge in [0, 0.05) is 36.8 Å². The molecule has 126 valence electrons. The highest BCUT2D eigenvalue weighted by atomic mass is 16.2. The van der Waals surface area contributed by atoms with Crippen molar-refractivity contribution >= 4 is 28.1 Å². The van der Waals surface area contributed by atoms with Crippen molar-refractivity contribution in [2.75, 3.05) is 6.54 Å². The highest BCUT2D eigenvalue weighted by Crippen LogP contribution is 2.22. The molecule has 3 rings (SSSR count). The van der Waals surface area contributed by atoms with Crippen molar-refractivity contribution in [2.24, 2.45) is 5.92 Å². The van der Waals surface area contributed by atoms with Crippen molar-refractivity contribution in [3.8, 4) is 0 Å². The van der Waals surface area contributed by atoms with Gasteiger partial charge in [-0.15, -0.1) is 0 Å². The molecule has 0 aliphatic rings. The van der Waals surface area contributed by atoms with Crippen LogP contribution in [0.2, 0.25) is 0 Å². The van der Waals surface area contributed by atoms with Gasteiger partial charge in [-0.2, -0.15) is 0 Å². The third-order valence-electron chi connectivity index (χ3n) is 3.78. The zero-order valence-corrected chi connectivity index (χ0v) is 14.0.